The van der Waals surface area contributed by atoms with Crippen molar-refractivity contribution < 1.29 is 9.90 Å². The van der Waals surface area contributed by atoms with Gasteiger partial charge in [0.05, 0.1) is 6.10 Å². The summed E-state index contributed by atoms with van der Waals surface area (Å²) in [5.41, 5.74) is 2.08. The molecule has 0 aliphatic carbocycles. The quantitative estimate of drug-likeness (QED) is 0.842. The van der Waals surface area contributed by atoms with Crippen LogP contribution in [0.15, 0.2) is 24.3 Å². The van der Waals surface area contributed by atoms with Crippen LogP contribution in [0.1, 0.15) is 50.8 Å². The van der Waals surface area contributed by atoms with Gasteiger partial charge in [-0.25, -0.2) is 0 Å². The maximum atomic E-state index is 11.4. The molecular weight excluding hydrogens is 226 g/mol. The van der Waals surface area contributed by atoms with E-state index >= 15 is 0 Å². The summed E-state index contributed by atoms with van der Waals surface area (Å²) >= 11 is 0. The monoisotopic (exact) mass is 249 g/mol. The van der Waals surface area contributed by atoms with Crippen molar-refractivity contribution in [1.82, 2.24) is 5.32 Å². The molecule has 100 valence electrons. The fraction of sp³-hybridized carbons (Fsp3) is 0.533. The second-order valence-corrected chi connectivity index (χ2v) is 5.24. The van der Waals surface area contributed by atoms with E-state index in [1.54, 1.807) is 0 Å². The predicted octanol–water partition coefficient (Wildman–Crippen LogP) is 2.62. The average Bonchev–Trinajstić information content (AvgIpc) is 2.35. The van der Waals surface area contributed by atoms with Crippen LogP contribution < -0.4 is 5.32 Å². The van der Waals surface area contributed by atoms with E-state index in [0.29, 0.717) is 5.92 Å². The Kier molecular flexibility index (Phi) is 5.35. The number of hydrogen-bond donors (Lipinski definition) is 2. The lowest BCUT2D eigenvalue weighted by atomic mass is 10.00. The number of aliphatic hydroxyl groups is 1. The molecule has 1 aromatic rings. The fourth-order valence-corrected chi connectivity index (χ4v) is 1.62. The first-order chi connectivity index (χ1) is 8.41. The molecule has 1 unspecified atom stereocenters. The zero-order chi connectivity index (χ0) is 13.7. The highest BCUT2D eigenvalue weighted by Gasteiger charge is 2.11. The van der Waals surface area contributed by atoms with Crippen molar-refractivity contribution in [3.05, 3.63) is 35.4 Å². The zero-order valence-corrected chi connectivity index (χ0v) is 11.6. The largest absolute Gasteiger partial charge is 0.387 e. The molecule has 0 aliphatic rings. The first-order valence-electron chi connectivity index (χ1n) is 6.47. The van der Waals surface area contributed by atoms with Gasteiger partial charge < -0.3 is 10.4 Å². The number of carbonyl (C=O) groups is 1. The zero-order valence-electron chi connectivity index (χ0n) is 11.6. The number of benzene rings is 1. The smallest absolute Gasteiger partial charge is 0.222 e. The Balaban J connectivity index is 2.56. The number of nitrogens with one attached hydrogen (secondary N) is 1. The Bertz CT molecular complexity index is 382. The van der Waals surface area contributed by atoms with Crippen LogP contribution >= 0.6 is 0 Å². The average molecular weight is 249 g/mol. The van der Waals surface area contributed by atoms with Gasteiger partial charge in [0.1, 0.15) is 0 Å². The summed E-state index contributed by atoms with van der Waals surface area (Å²) in [7, 11) is 0. The lowest BCUT2D eigenvalue weighted by molar-refractivity contribution is -0.124. The second kappa shape index (κ2) is 6.55. The van der Waals surface area contributed by atoms with Gasteiger partial charge in [-0.1, -0.05) is 52.0 Å². The highest BCUT2D eigenvalue weighted by atomic mass is 16.3. The van der Waals surface area contributed by atoms with Gasteiger partial charge in [-0.05, 0) is 17.0 Å². The predicted molar refractivity (Wildman–Crippen MR) is 73.3 cm³/mol. The van der Waals surface area contributed by atoms with Crippen molar-refractivity contribution in [1.29, 1.82) is 0 Å². The molecule has 0 heterocycles. The lowest BCUT2D eigenvalue weighted by Gasteiger charge is -2.14. The van der Waals surface area contributed by atoms with E-state index in [1.165, 1.54) is 5.56 Å². The highest BCUT2D eigenvalue weighted by molar-refractivity contribution is 5.77. The third-order valence-electron chi connectivity index (χ3n) is 2.98. The van der Waals surface area contributed by atoms with Crippen LogP contribution in [0.3, 0.4) is 0 Å². The van der Waals surface area contributed by atoms with Crippen molar-refractivity contribution in [2.24, 2.45) is 5.92 Å². The van der Waals surface area contributed by atoms with E-state index in [1.807, 2.05) is 38.1 Å². The normalized spacial score (nSPS) is 12.8. The SMILES string of the molecule is CC(C)C(=O)NCC(O)c1ccc(C(C)C)cc1. The number of aliphatic hydroxyl groups excluding tert-OH is 1. The van der Waals surface area contributed by atoms with Gasteiger partial charge in [0.25, 0.3) is 0 Å². The first-order valence-corrected chi connectivity index (χ1v) is 6.47. The minimum Gasteiger partial charge on any atom is -0.387 e. The summed E-state index contributed by atoms with van der Waals surface area (Å²) in [6.07, 6.45) is -0.645. The Labute approximate surface area is 109 Å². The molecule has 0 spiro atoms. The summed E-state index contributed by atoms with van der Waals surface area (Å²) in [6.45, 7) is 8.19. The summed E-state index contributed by atoms with van der Waals surface area (Å²) in [5, 5.41) is 12.7. The van der Waals surface area contributed by atoms with Gasteiger partial charge in [-0.15, -0.1) is 0 Å². The second-order valence-electron chi connectivity index (χ2n) is 5.24. The van der Waals surface area contributed by atoms with Crippen LogP contribution in [0.5, 0.6) is 0 Å². The third-order valence-corrected chi connectivity index (χ3v) is 2.98. The van der Waals surface area contributed by atoms with Gasteiger partial charge in [0, 0.05) is 12.5 Å². The minimum atomic E-state index is -0.645. The summed E-state index contributed by atoms with van der Waals surface area (Å²) in [4.78, 5) is 11.4. The topological polar surface area (TPSA) is 49.3 Å². The summed E-state index contributed by atoms with van der Waals surface area (Å²) in [5.74, 6) is 0.394. The number of rotatable bonds is 5. The standard InChI is InChI=1S/C15H23NO2/c1-10(2)12-5-7-13(8-6-12)14(17)9-16-15(18)11(3)4/h5-8,10-11,14,17H,9H2,1-4H3,(H,16,18). The number of amides is 1. The summed E-state index contributed by atoms with van der Waals surface area (Å²) < 4.78 is 0. The van der Waals surface area contributed by atoms with Crippen LogP contribution in [-0.4, -0.2) is 17.6 Å². The highest BCUT2D eigenvalue weighted by Crippen LogP contribution is 2.18. The van der Waals surface area contributed by atoms with Gasteiger partial charge in [0.2, 0.25) is 5.91 Å². The van der Waals surface area contributed by atoms with Crippen LogP contribution in [0.4, 0.5) is 0 Å². The molecule has 0 saturated carbocycles. The molecule has 0 aliphatic heterocycles. The Hall–Kier alpha value is -1.35. The molecule has 1 atom stereocenters. The maximum absolute atomic E-state index is 11.4. The molecule has 1 amide bonds. The van der Waals surface area contributed by atoms with Crippen molar-refractivity contribution in [2.75, 3.05) is 6.54 Å². The van der Waals surface area contributed by atoms with Crippen molar-refractivity contribution >= 4 is 5.91 Å². The van der Waals surface area contributed by atoms with Gasteiger partial charge in [-0.3, -0.25) is 4.79 Å². The van der Waals surface area contributed by atoms with Gasteiger partial charge >= 0.3 is 0 Å². The molecule has 0 aromatic heterocycles. The minimum absolute atomic E-state index is 0.0344. The maximum Gasteiger partial charge on any atom is 0.222 e. The van der Waals surface area contributed by atoms with E-state index in [2.05, 4.69) is 19.2 Å². The number of carbonyl (C=O) groups excluding carboxylic acids is 1. The fourth-order valence-electron chi connectivity index (χ4n) is 1.62. The molecule has 2 N–H and O–H groups in total. The molecule has 0 bridgehead atoms. The van der Waals surface area contributed by atoms with E-state index in [-0.39, 0.29) is 18.4 Å². The van der Waals surface area contributed by atoms with E-state index in [9.17, 15) is 9.90 Å². The Morgan fingerprint density at radius 1 is 1.11 bits per heavy atom. The van der Waals surface area contributed by atoms with E-state index < -0.39 is 6.10 Å². The van der Waals surface area contributed by atoms with Crippen molar-refractivity contribution in [3.63, 3.8) is 0 Å². The lowest BCUT2D eigenvalue weighted by Crippen LogP contribution is -2.31. The Morgan fingerprint density at radius 3 is 2.06 bits per heavy atom. The van der Waals surface area contributed by atoms with E-state index in [4.69, 9.17) is 0 Å². The third kappa shape index (κ3) is 4.15. The van der Waals surface area contributed by atoms with Crippen LogP contribution in [0, 0.1) is 5.92 Å². The number of hydrogen-bond acceptors (Lipinski definition) is 2. The van der Waals surface area contributed by atoms with Gasteiger partial charge in [-0.2, -0.15) is 0 Å². The van der Waals surface area contributed by atoms with Crippen molar-refractivity contribution in [2.45, 2.75) is 39.7 Å². The van der Waals surface area contributed by atoms with Crippen LogP contribution in [-0.2, 0) is 4.79 Å². The molecule has 3 heteroatoms. The molecule has 18 heavy (non-hydrogen) atoms. The molecule has 1 rings (SSSR count). The molecule has 1 aromatic carbocycles. The Morgan fingerprint density at radius 2 is 1.61 bits per heavy atom. The molecule has 0 radical (unpaired) electrons. The molecule has 0 fully saturated rings. The van der Waals surface area contributed by atoms with Crippen LogP contribution in [0.2, 0.25) is 0 Å². The molecule has 0 saturated heterocycles. The van der Waals surface area contributed by atoms with Crippen LogP contribution in [0.25, 0.3) is 0 Å². The first kappa shape index (κ1) is 14.7. The summed E-state index contributed by atoms with van der Waals surface area (Å²) in [6, 6.07) is 7.88. The van der Waals surface area contributed by atoms with E-state index in [0.717, 1.165) is 5.56 Å². The van der Waals surface area contributed by atoms with Crippen molar-refractivity contribution in [3.8, 4) is 0 Å². The van der Waals surface area contributed by atoms with Gasteiger partial charge in [0.15, 0.2) is 0 Å². The molecular formula is C15H23NO2. The molecule has 3 nitrogen and oxygen atoms in total.